The monoisotopic (exact) mass is 349 g/mol. The van der Waals surface area contributed by atoms with E-state index in [1.54, 1.807) is 0 Å². The molecule has 1 aromatic heterocycles. The van der Waals surface area contributed by atoms with Crippen molar-refractivity contribution in [3.63, 3.8) is 0 Å². The van der Waals surface area contributed by atoms with Crippen molar-refractivity contribution in [2.24, 2.45) is 7.05 Å². The van der Waals surface area contributed by atoms with Gasteiger partial charge in [-0.1, -0.05) is 30.7 Å². The van der Waals surface area contributed by atoms with E-state index in [0.717, 1.165) is 23.0 Å². The number of nitrogens with one attached hydrogen (secondary N) is 1. The Morgan fingerprint density at radius 1 is 1.33 bits per heavy atom. The number of aromatic nitrogens is 2. The first-order valence-electron chi connectivity index (χ1n) is 7.42. The Kier molecular flexibility index (Phi) is 5.22. The molecule has 0 radical (unpaired) electrons. The summed E-state index contributed by atoms with van der Waals surface area (Å²) in [4.78, 5) is 0. The Hall–Kier alpha value is -1.13. The zero-order valence-corrected chi connectivity index (χ0v) is 15.1. The van der Waals surface area contributed by atoms with E-state index >= 15 is 0 Å². The van der Waals surface area contributed by atoms with Crippen LogP contribution in [0.5, 0.6) is 0 Å². The van der Waals surface area contributed by atoms with Gasteiger partial charge in [-0.25, -0.2) is 0 Å². The third-order valence-corrected chi connectivity index (χ3v) is 4.96. The van der Waals surface area contributed by atoms with E-state index in [2.05, 4.69) is 65.3 Å². The van der Waals surface area contributed by atoms with Crippen LogP contribution in [0.2, 0.25) is 0 Å². The zero-order chi connectivity index (χ0) is 15.6. The molecule has 0 spiro atoms. The zero-order valence-electron chi connectivity index (χ0n) is 13.5. The second-order valence-corrected chi connectivity index (χ2v) is 6.38. The van der Waals surface area contributed by atoms with Crippen molar-refractivity contribution < 1.29 is 0 Å². The lowest BCUT2D eigenvalue weighted by molar-refractivity contribution is 0.557. The van der Waals surface area contributed by atoms with Crippen molar-refractivity contribution in [2.75, 3.05) is 7.05 Å². The minimum atomic E-state index is 0.294. The first-order chi connectivity index (χ1) is 9.97. The van der Waals surface area contributed by atoms with Crippen molar-refractivity contribution in [2.45, 2.75) is 39.7 Å². The molecule has 1 N–H and O–H groups in total. The van der Waals surface area contributed by atoms with Crippen LogP contribution in [0.15, 0.2) is 22.7 Å². The molecule has 114 valence electrons. The minimum absolute atomic E-state index is 0.294. The topological polar surface area (TPSA) is 29.9 Å². The van der Waals surface area contributed by atoms with Crippen LogP contribution in [0.4, 0.5) is 0 Å². The van der Waals surface area contributed by atoms with Gasteiger partial charge < -0.3 is 5.32 Å². The predicted molar refractivity (Wildman–Crippen MR) is 91.7 cm³/mol. The summed E-state index contributed by atoms with van der Waals surface area (Å²) in [6.45, 7) is 6.45. The lowest BCUT2D eigenvalue weighted by Crippen LogP contribution is -2.21. The van der Waals surface area contributed by atoms with Crippen LogP contribution in [-0.2, 0) is 19.9 Å². The van der Waals surface area contributed by atoms with E-state index in [0.29, 0.717) is 6.04 Å². The number of rotatable bonds is 5. The van der Waals surface area contributed by atoms with Crippen LogP contribution in [0.3, 0.4) is 0 Å². The first-order valence-corrected chi connectivity index (χ1v) is 8.21. The van der Waals surface area contributed by atoms with Crippen LogP contribution in [0, 0.1) is 13.8 Å². The minimum Gasteiger partial charge on any atom is -0.313 e. The van der Waals surface area contributed by atoms with Crippen LogP contribution in [0.1, 0.15) is 41.0 Å². The van der Waals surface area contributed by atoms with Gasteiger partial charge in [0.05, 0.1) is 15.9 Å². The maximum atomic E-state index is 4.59. The predicted octanol–water partition coefficient (Wildman–Crippen LogP) is 3.87. The number of hydrogen-bond acceptors (Lipinski definition) is 2. The molecule has 0 aliphatic carbocycles. The fourth-order valence-corrected chi connectivity index (χ4v) is 3.60. The van der Waals surface area contributed by atoms with E-state index in [1.807, 2.05) is 18.8 Å². The number of hydrogen-bond donors (Lipinski definition) is 1. The Labute approximate surface area is 135 Å². The highest BCUT2D eigenvalue weighted by Crippen LogP contribution is 2.28. The van der Waals surface area contributed by atoms with Gasteiger partial charge in [0.25, 0.3) is 0 Å². The van der Waals surface area contributed by atoms with E-state index in [-0.39, 0.29) is 0 Å². The summed E-state index contributed by atoms with van der Waals surface area (Å²) >= 11 is 3.71. The lowest BCUT2D eigenvalue weighted by atomic mass is 9.96. The van der Waals surface area contributed by atoms with Gasteiger partial charge in [-0.3, -0.25) is 4.68 Å². The molecular weight excluding hydrogens is 326 g/mol. The Morgan fingerprint density at radius 3 is 2.57 bits per heavy atom. The SMILES string of the molecule is CCc1nn(C)c(CC(NC)c2ccc(C)cc2C)c1Br. The summed E-state index contributed by atoms with van der Waals surface area (Å²) in [5.41, 5.74) is 6.37. The Morgan fingerprint density at radius 2 is 2.05 bits per heavy atom. The molecule has 4 heteroatoms. The molecule has 0 aliphatic heterocycles. The number of benzene rings is 1. The molecule has 1 heterocycles. The van der Waals surface area contributed by atoms with E-state index in [9.17, 15) is 0 Å². The molecule has 3 nitrogen and oxygen atoms in total. The van der Waals surface area contributed by atoms with E-state index in [1.165, 1.54) is 22.4 Å². The highest BCUT2D eigenvalue weighted by atomic mass is 79.9. The lowest BCUT2D eigenvalue weighted by Gasteiger charge is -2.19. The molecule has 2 rings (SSSR count). The molecule has 0 saturated heterocycles. The van der Waals surface area contributed by atoms with Gasteiger partial charge in [-0.2, -0.15) is 5.10 Å². The number of likely N-dealkylation sites (N-methyl/N-ethyl adjacent to an activating group) is 1. The standard InChI is InChI=1S/C17H24BrN3/c1-6-14-17(18)16(21(5)20-14)10-15(19-4)13-8-7-11(2)9-12(13)3/h7-9,15,19H,6,10H2,1-5H3. The Bertz CT molecular complexity index is 631. The van der Waals surface area contributed by atoms with Crippen molar-refractivity contribution in [3.05, 3.63) is 50.8 Å². The number of nitrogens with zero attached hydrogens (tertiary/aromatic N) is 2. The summed E-state index contributed by atoms with van der Waals surface area (Å²) in [6.07, 6.45) is 1.87. The first kappa shape index (κ1) is 16.2. The van der Waals surface area contributed by atoms with Gasteiger partial charge in [0.15, 0.2) is 0 Å². The largest absolute Gasteiger partial charge is 0.313 e. The third-order valence-electron chi connectivity index (χ3n) is 4.05. The molecule has 0 bridgehead atoms. The van der Waals surface area contributed by atoms with Gasteiger partial charge >= 0.3 is 0 Å². The van der Waals surface area contributed by atoms with Crippen molar-refractivity contribution in [3.8, 4) is 0 Å². The van der Waals surface area contributed by atoms with Gasteiger partial charge in [0.2, 0.25) is 0 Å². The molecule has 0 amide bonds. The molecule has 2 aromatic rings. The highest BCUT2D eigenvalue weighted by molar-refractivity contribution is 9.10. The summed E-state index contributed by atoms with van der Waals surface area (Å²) in [6, 6.07) is 6.95. The third kappa shape index (κ3) is 3.38. The fourth-order valence-electron chi connectivity index (χ4n) is 2.82. The molecular formula is C17H24BrN3. The second kappa shape index (κ2) is 6.75. The van der Waals surface area contributed by atoms with Gasteiger partial charge in [0.1, 0.15) is 0 Å². The maximum absolute atomic E-state index is 4.59. The Balaban J connectivity index is 2.33. The molecule has 21 heavy (non-hydrogen) atoms. The summed E-state index contributed by atoms with van der Waals surface area (Å²) in [5.74, 6) is 0. The fraction of sp³-hybridized carbons (Fsp3) is 0.471. The molecule has 0 saturated carbocycles. The molecule has 1 aromatic carbocycles. The van der Waals surface area contributed by atoms with Crippen LogP contribution >= 0.6 is 15.9 Å². The normalized spacial score (nSPS) is 12.7. The average Bonchev–Trinajstić information content (AvgIpc) is 2.72. The molecule has 0 aliphatic rings. The number of halogens is 1. The number of aryl methyl sites for hydroxylation is 4. The van der Waals surface area contributed by atoms with Gasteiger partial charge in [0, 0.05) is 19.5 Å². The maximum Gasteiger partial charge on any atom is 0.0766 e. The summed E-state index contributed by atoms with van der Waals surface area (Å²) in [7, 11) is 4.04. The van der Waals surface area contributed by atoms with E-state index < -0.39 is 0 Å². The quantitative estimate of drug-likeness (QED) is 0.887. The van der Waals surface area contributed by atoms with Crippen LogP contribution in [0.25, 0.3) is 0 Å². The molecule has 1 atom stereocenters. The smallest absolute Gasteiger partial charge is 0.0766 e. The molecule has 0 fully saturated rings. The summed E-state index contributed by atoms with van der Waals surface area (Å²) in [5, 5.41) is 8.04. The van der Waals surface area contributed by atoms with Crippen molar-refractivity contribution in [1.82, 2.24) is 15.1 Å². The average molecular weight is 350 g/mol. The van der Waals surface area contributed by atoms with Gasteiger partial charge in [-0.05, 0) is 54.4 Å². The second-order valence-electron chi connectivity index (χ2n) is 5.59. The van der Waals surface area contributed by atoms with Gasteiger partial charge in [-0.15, -0.1) is 0 Å². The highest BCUT2D eigenvalue weighted by Gasteiger charge is 2.19. The van der Waals surface area contributed by atoms with Crippen LogP contribution in [-0.4, -0.2) is 16.8 Å². The van der Waals surface area contributed by atoms with Crippen molar-refractivity contribution >= 4 is 15.9 Å². The van der Waals surface area contributed by atoms with Crippen molar-refractivity contribution in [1.29, 1.82) is 0 Å². The van der Waals surface area contributed by atoms with Crippen LogP contribution < -0.4 is 5.32 Å². The van der Waals surface area contributed by atoms with E-state index in [4.69, 9.17) is 0 Å². The summed E-state index contributed by atoms with van der Waals surface area (Å²) < 4.78 is 3.15. The molecule has 1 unspecified atom stereocenters.